The third kappa shape index (κ3) is 2.78. The fourth-order valence-electron chi connectivity index (χ4n) is 3.46. The lowest BCUT2D eigenvalue weighted by Crippen LogP contribution is -2.50. The summed E-state index contributed by atoms with van der Waals surface area (Å²) in [7, 11) is 0. The quantitative estimate of drug-likeness (QED) is 0.942. The molecule has 1 atom stereocenters. The Kier molecular flexibility index (Phi) is 3.68. The minimum Gasteiger partial charge on any atom is -0.375 e. The van der Waals surface area contributed by atoms with Crippen LogP contribution in [0.25, 0.3) is 5.69 Å². The molecule has 0 amide bonds. The van der Waals surface area contributed by atoms with Crippen molar-refractivity contribution >= 4 is 0 Å². The largest absolute Gasteiger partial charge is 0.375 e. The van der Waals surface area contributed by atoms with Crippen LogP contribution in [0.5, 0.6) is 0 Å². The van der Waals surface area contributed by atoms with Crippen molar-refractivity contribution in [3.8, 4) is 5.69 Å². The maximum atomic E-state index is 5.97. The van der Waals surface area contributed by atoms with Crippen molar-refractivity contribution < 1.29 is 4.74 Å². The molecule has 5 nitrogen and oxygen atoms in total. The molecule has 0 bridgehead atoms. The van der Waals surface area contributed by atoms with Crippen LogP contribution in [0.4, 0.5) is 0 Å². The molecule has 4 rings (SSSR count). The van der Waals surface area contributed by atoms with Crippen LogP contribution in [-0.4, -0.2) is 33.2 Å². The predicted octanol–water partition coefficient (Wildman–Crippen LogP) is 2.46. The molecule has 1 unspecified atom stereocenters. The van der Waals surface area contributed by atoms with Gasteiger partial charge in [0.2, 0.25) is 0 Å². The number of benzene rings is 1. The Labute approximate surface area is 130 Å². The highest BCUT2D eigenvalue weighted by Gasteiger charge is 2.42. The zero-order valence-corrected chi connectivity index (χ0v) is 12.7. The predicted molar refractivity (Wildman–Crippen MR) is 83.8 cm³/mol. The maximum absolute atomic E-state index is 5.97. The Morgan fingerprint density at radius 3 is 2.91 bits per heavy atom. The summed E-state index contributed by atoms with van der Waals surface area (Å²) in [5.41, 5.74) is 2.22. The average Bonchev–Trinajstić information content (AvgIpc) is 3.02. The lowest BCUT2D eigenvalue weighted by molar-refractivity contribution is -0.135. The normalized spacial score (nSPS) is 23.4. The van der Waals surface area contributed by atoms with E-state index >= 15 is 0 Å². The van der Waals surface area contributed by atoms with E-state index in [1.165, 1.54) is 19.3 Å². The zero-order chi connectivity index (χ0) is 14.8. The highest BCUT2D eigenvalue weighted by Crippen LogP contribution is 2.42. The molecule has 5 heteroatoms. The van der Waals surface area contributed by atoms with Crippen LogP contribution in [0.2, 0.25) is 0 Å². The summed E-state index contributed by atoms with van der Waals surface area (Å²) in [6, 6.07) is 10.6. The molecular weight excluding hydrogens is 276 g/mol. The number of hydrogen-bond acceptors (Lipinski definition) is 4. The second-order valence-corrected chi connectivity index (χ2v) is 6.45. The first-order valence-corrected chi connectivity index (χ1v) is 8.17. The van der Waals surface area contributed by atoms with Gasteiger partial charge in [0.1, 0.15) is 0 Å². The van der Waals surface area contributed by atoms with Crippen LogP contribution < -0.4 is 5.32 Å². The molecule has 1 aromatic heterocycles. The van der Waals surface area contributed by atoms with E-state index in [0.717, 1.165) is 37.4 Å². The summed E-state index contributed by atoms with van der Waals surface area (Å²) in [4.78, 5) is 0. The molecule has 1 saturated carbocycles. The molecule has 1 spiro atoms. The summed E-state index contributed by atoms with van der Waals surface area (Å²) >= 11 is 0. The number of nitrogens with one attached hydrogen (secondary N) is 1. The third-order valence-electron chi connectivity index (χ3n) is 4.89. The smallest absolute Gasteiger partial charge is 0.0969 e. The second kappa shape index (κ2) is 5.82. The topological polar surface area (TPSA) is 52.0 Å². The van der Waals surface area contributed by atoms with E-state index in [4.69, 9.17) is 4.74 Å². The SMILES string of the molecule is c1ccc(-n2cc(CNC3CCOC4(CCC4)C3)nn2)cc1. The summed E-state index contributed by atoms with van der Waals surface area (Å²) in [5, 5.41) is 12.1. The van der Waals surface area contributed by atoms with Gasteiger partial charge >= 0.3 is 0 Å². The van der Waals surface area contributed by atoms with E-state index in [2.05, 4.69) is 15.6 Å². The minimum atomic E-state index is 0.192. The van der Waals surface area contributed by atoms with E-state index < -0.39 is 0 Å². The van der Waals surface area contributed by atoms with Gasteiger partial charge in [-0.3, -0.25) is 0 Å². The molecule has 1 aliphatic carbocycles. The van der Waals surface area contributed by atoms with Crippen LogP contribution in [-0.2, 0) is 11.3 Å². The van der Waals surface area contributed by atoms with Gasteiger partial charge in [-0.1, -0.05) is 23.4 Å². The summed E-state index contributed by atoms with van der Waals surface area (Å²) < 4.78 is 7.80. The van der Waals surface area contributed by atoms with Crippen LogP contribution >= 0.6 is 0 Å². The Morgan fingerprint density at radius 1 is 1.27 bits per heavy atom. The van der Waals surface area contributed by atoms with E-state index in [-0.39, 0.29) is 5.60 Å². The molecule has 2 aromatic rings. The van der Waals surface area contributed by atoms with Crippen molar-refractivity contribution in [2.45, 2.75) is 50.3 Å². The van der Waals surface area contributed by atoms with Gasteiger partial charge in [-0.2, -0.15) is 0 Å². The number of para-hydroxylation sites is 1. The minimum absolute atomic E-state index is 0.192. The van der Waals surface area contributed by atoms with Gasteiger partial charge in [0.25, 0.3) is 0 Å². The molecule has 22 heavy (non-hydrogen) atoms. The van der Waals surface area contributed by atoms with Crippen molar-refractivity contribution in [2.24, 2.45) is 0 Å². The van der Waals surface area contributed by atoms with E-state index in [1.807, 2.05) is 41.2 Å². The van der Waals surface area contributed by atoms with Crippen LogP contribution in [0, 0.1) is 0 Å². The van der Waals surface area contributed by atoms with Gasteiger partial charge in [0, 0.05) is 19.2 Å². The first kappa shape index (κ1) is 13.9. The summed E-state index contributed by atoms with van der Waals surface area (Å²) in [6.07, 6.45) is 8.01. The molecule has 2 aliphatic rings. The van der Waals surface area contributed by atoms with E-state index in [9.17, 15) is 0 Å². The molecular formula is C17H22N4O. The third-order valence-corrected chi connectivity index (χ3v) is 4.89. The number of nitrogens with zero attached hydrogens (tertiary/aromatic N) is 3. The van der Waals surface area contributed by atoms with Crippen molar-refractivity contribution in [2.75, 3.05) is 6.61 Å². The number of rotatable bonds is 4. The van der Waals surface area contributed by atoms with Crippen LogP contribution in [0.3, 0.4) is 0 Å². The monoisotopic (exact) mass is 298 g/mol. The van der Waals surface area contributed by atoms with Crippen LogP contribution in [0.1, 0.15) is 37.8 Å². The number of hydrogen-bond donors (Lipinski definition) is 1. The fraction of sp³-hybridized carbons (Fsp3) is 0.529. The Morgan fingerprint density at radius 2 is 2.14 bits per heavy atom. The van der Waals surface area contributed by atoms with Gasteiger partial charge in [0.15, 0.2) is 0 Å². The summed E-state index contributed by atoms with van der Waals surface area (Å²) in [6.45, 7) is 1.65. The lowest BCUT2D eigenvalue weighted by Gasteiger charge is -2.47. The van der Waals surface area contributed by atoms with Gasteiger partial charge in [0.05, 0.1) is 23.2 Å². The fourth-order valence-corrected chi connectivity index (χ4v) is 3.46. The molecule has 1 aromatic carbocycles. The van der Waals surface area contributed by atoms with Gasteiger partial charge in [-0.05, 0) is 44.2 Å². The molecule has 2 heterocycles. The Hall–Kier alpha value is -1.72. The van der Waals surface area contributed by atoms with E-state index in [1.54, 1.807) is 0 Å². The first-order valence-electron chi connectivity index (χ1n) is 8.17. The standard InChI is InChI=1S/C17H22N4O/c1-2-5-16(6-3-1)21-13-15(19-20-21)12-18-14-7-10-22-17(11-14)8-4-9-17/h1-3,5-6,13-14,18H,4,7-12H2. The first-order chi connectivity index (χ1) is 10.8. The molecule has 1 saturated heterocycles. The van der Waals surface area contributed by atoms with Gasteiger partial charge in [-0.15, -0.1) is 5.10 Å². The highest BCUT2D eigenvalue weighted by molar-refractivity contribution is 5.29. The molecule has 2 fully saturated rings. The van der Waals surface area contributed by atoms with Crippen molar-refractivity contribution in [1.29, 1.82) is 0 Å². The van der Waals surface area contributed by atoms with Crippen molar-refractivity contribution in [1.82, 2.24) is 20.3 Å². The van der Waals surface area contributed by atoms with Gasteiger partial charge in [-0.25, -0.2) is 4.68 Å². The summed E-state index contributed by atoms with van der Waals surface area (Å²) in [5.74, 6) is 0. The molecule has 116 valence electrons. The highest BCUT2D eigenvalue weighted by atomic mass is 16.5. The van der Waals surface area contributed by atoms with Crippen molar-refractivity contribution in [3.05, 3.63) is 42.2 Å². The number of ether oxygens (including phenoxy) is 1. The maximum Gasteiger partial charge on any atom is 0.0969 e. The second-order valence-electron chi connectivity index (χ2n) is 6.45. The molecule has 0 radical (unpaired) electrons. The van der Waals surface area contributed by atoms with E-state index in [0.29, 0.717) is 6.04 Å². The molecule has 1 N–H and O–H groups in total. The number of aromatic nitrogens is 3. The lowest BCUT2D eigenvalue weighted by atomic mass is 9.74. The van der Waals surface area contributed by atoms with Crippen molar-refractivity contribution in [3.63, 3.8) is 0 Å². The Balaban J connectivity index is 1.35. The average molecular weight is 298 g/mol. The molecule has 1 aliphatic heterocycles. The Bertz CT molecular complexity index is 621. The van der Waals surface area contributed by atoms with Crippen LogP contribution in [0.15, 0.2) is 36.5 Å². The van der Waals surface area contributed by atoms with Gasteiger partial charge < -0.3 is 10.1 Å². The zero-order valence-electron chi connectivity index (χ0n) is 12.7.